The van der Waals surface area contributed by atoms with Crippen LogP contribution in [0.5, 0.6) is 0 Å². The number of carbonyl (C=O) groups excluding carboxylic acids is 2. The lowest BCUT2D eigenvalue weighted by atomic mass is 10.4. The first kappa shape index (κ1) is 26.3. The fraction of sp³-hybridized carbons (Fsp3) is 0.588. The van der Waals surface area contributed by atoms with Gasteiger partial charge in [-0.05, 0) is 6.92 Å². The number of fused-ring (bicyclic) bond motifs is 1. The molecule has 1 atom stereocenters. The molecule has 0 bridgehead atoms. The number of carbonyl (C=O) groups is 2. The molecule has 0 aliphatic rings. The summed E-state index contributed by atoms with van der Waals surface area (Å²) in [4.78, 5) is 37.6. The number of hydrogen-bond donors (Lipinski definition) is 1. The van der Waals surface area contributed by atoms with Crippen LogP contribution in [-0.2, 0) is 34.4 Å². The number of nitrogen functional groups attached to an aromatic ring is 1. The van der Waals surface area contributed by atoms with Gasteiger partial charge in [-0.1, -0.05) is 0 Å². The predicted molar refractivity (Wildman–Crippen MR) is 115 cm³/mol. The van der Waals surface area contributed by atoms with Crippen molar-refractivity contribution in [2.45, 2.75) is 19.6 Å². The number of ether oxygens (including phenoxy) is 3. The highest BCUT2D eigenvalue weighted by molar-refractivity contribution is 7.53. The summed E-state index contributed by atoms with van der Waals surface area (Å²) in [5.74, 6) is 0.248. The third-order valence-electron chi connectivity index (χ3n) is 3.99. The lowest BCUT2D eigenvalue weighted by Gasteiger charge is -2.21. The van der Waals surface area contributed by atoms with E-state index in [1.165, 1.54) is 50.6 Å². The molecule has 2 heterocycles. The Bertz CT molecular complexity index is 969. The predicted octanol–water partition coefficient (Wildman–Crippen LogP) is 1.31. The van der Waals surface area contributed by atoms with Gasteiger partial charge in [-0.2, -0.15) is 0 Å². The molecule has 0 spiro atoms. The summed E-state index contributed by atoms with van der Waals surface area (Å²) in [5, 5.41) is 0. The van der Waals surface area contributed by atoms with Crippen LogP contribution in [0.15, 0.2) is 12.7 Å². The van der Waals surface area contributed by atoms with Crippen LogP contribution >= 0.6 is 7.60 Å². The van der Waals surface area contributed by atoms with Gasteiger partial charge in [-0.15, -0.1) is 0 Å². The van der Waals surface area contributed by atoms with Crippen molar-refractivity contribution in [1.82, 2.24) is 29.3 Å². The minimum absolute atomic E-state index is 0.248. The molecule has 0 unspecified atom stereocenters. The number of amides is 2. The van der Waals surface area contributed by atoms with Gasteiger partial charge in [0.15, 0.2) is 11.5 Å². The van der Waals surface area contributed by atoms with Crippen molar-refractivity contribution in [2.75, 3.05) is 53.9 Å². The zero-order valence-electron chi connectivity index (χ0n) is 19.0. The molecular formula is C17H28N7O8P. The van der Waals surface area contributed by atoms with Crippen molar-refractivity contribution in [3.8, 4) is 0 Å². The largest absolute Gasteiger partial charge is 0.422 e. The first-order valence-electron chi connectivity index (χ1n) is 9.61. The summed E-state index contributed by atoms with van der Waals surface area (Å²) in [6.07, 6.45) is 0.445. The summed E-state index contributed by atoms with van der Waals surface area (Å²) in [5.41, 5.74) is 6.75. The Hall–Kier alpha value is -3.00. The first-order chi connectivity index (χ1) is 15.5. The molecule has 2 N–H and O–H groups in total. The zero-order chi connectivity index (χ0) is 24.6. The van der Waals surface area contributed by atoms with Gasteiger partial charge in [-0.3, -0.25) is 13.6 Å². The standard InChI is InChI=1S/C17H28N7O8P/c1-12(6-24-8-21-13-14(18)19-7-20-15(13)24)30-11-33(27,31-9-28-16(25)22(2)3)32-10-29-17(26)23(4)5/h7-8,12H,6,9-11H2,1-5H3,(H2,18,19,20)/t12-/m1/s1. The van der Waals surface area contributed by atoms with E-state index >= 15 is 0 Å². The number of rotatable bonds is 11. The number of aromatic nitrogens is 4. The number of nitrogens with zero attached hydrogens (tertiary/aromatic N) is 6. The average Bonchev–Trinajstić information content (AvgIpc) is 3.16. The van der Waals surface area contributed by atoms with E-state index in [9.17, 15) is 14.2 Å². The molecule has 15 nitrogen and oxygen atoms in total. The second-order valence-corrected chi connectivity index (χ2v) is 9.14. The molecule has 2 amide bonds. The van der Waals surface area contributed by atoms with Gasteiger partial charge in [0.2, 0.25) is 13.6 Å². The maximum Gasteiger partial charge on any atom is 0.411 e. The Morgan fingerprint density at radius 2 is 1.64 bits per heavy atom. The van der Waals surface area contributed by atoms with Crippen LogP contribution in [0.3, 0.4) is 0 Å². The first-order valence-corrected chi connectivity index (χ1v) is 11.3. The maximum atomic E-state index is 13.0. The van der Waals surface area contributed by atoms with Crippen LogP contribution in [-0.4, -0.2) is 95.7 Å². The van der Waals surface area contributed by atoms with Crippen LogP contribution in [0.2, 0.25) is 0 Å². The molecule has 0 fully saturated rings. The van der Waals surface area contributed by atoms with Gasteiger partial charge in [0.25, 0.3) is 0 Å². The van der Waals surface area contributed by atoms with Gasteiger partial charge in [0, 0.05) is 28.2 Å². The Balaban J connectivity index is 1.97. The van der Waals surface area contributed by atoms with Crippen LogP contribution in [0.4, 0.5) is 15.4 Å². The minimum atomic E-state index is -3.98. The van der Waals surface area contributed by atoms with Crippen LogP contribution in [0.25, 0.3) is 11.2 Å². The SMILES string of the molecule is C[C@H](Cn1cnc2c(N)ncnc21)OCP(=O)(OCOC(=O)N(C)C)OCOC(=O)N(C)C. The van der Waals surface area contributed by atoms with E-state index in [-0.39, 0.29) is 12.4 Å². The third-order valence-corrected chi connectivity index (χ3v) is 5.46. The monoisotopic (exact) mass is 489 g/mol. The minimum Gasteiger partial charge on any atom is -0.422 e. The fourth-order valence-corrected chi connectivity index (χ4v) is 3.35. The van der Waals surface area contributed by atoms with Gasteiger partial charge in [0.1, 0.15) is 18.2 Å². The molecule has 0 aromatic carbocycles. The van der Waals surface area contributed by atoms with Gasteiger partial charge >= 0.3 is 19.8 Å². The Labute approximate surface area is 190 Å². The Kier molecular flexibility index (Phi) is 9.34. The van der Waals surface area contributed by atoms with Crippen molar-refractivity contribution < 1.29 is 37.4 Å². The smallest absolute Gasteiger partial charge is 0.411 e. The van der Waals surface area contributed by atoms with Crippen molar-refractivity contribution >= 4 is 36.8 Å². The Morgan fingerprint density at radius 3 is 2.18 bits per heavy atom. The molecule has 0 saturated heterocycles. The second kappa shape index (κ2) is 11.7. The molecule has 2 aromatic rings. The molecular weight excluding hydrogens is 461 g/mol. The summed E-state index contributed by atoms with van der Waals surface area (Å²) in [6, 6.07) is 0. The number of anilines is 1. The summed E-state index contributed by atoms with van der Waals surface area (Å²) < 4.78 is 40.3. The van der Waals surface area contributed by atoms with Crippen LogP contribution in [0, 0.1) is 0 Å². The van der Waals surface area contributed by atoms with E-state index < -0.39 is 45.8 Å². The van der Waals surface area contributed by atoms with Crippen molar-refractivity contribution in [2.24, 2.45) is 0 Å². The summed E-state index contributed by atoms with van der Waals surface area (Å²) >= 11 is 0. The normalized spacial score (nSPS) is 12.4. The molecule has 0 saturated carbocycles. The Morgan fingerprint density at radius 1 is 1.06 bits per heavy atom. The lowest BCUT2D eigenvalue weighted by Crippen LogP contribution is -2.25. The maximum absolute atomic E-state index is 13.0. The van der Waals surface area contributed by atoms with Crippen molar-refractivity contribution in [3.63, 3.8) is 0 Å². The van der Waals surface area contributed by atoms with Gasteiger partial charge < -0.3 is 34.3 Å². The summed E-state index contributed by atoms with van der Waals surface area (Å²) in [7, 11) is 1.92. The lowest BCUT2D eigenvalue weighted by molar-refractivity contribution is -0.00688. The molecule has 2 aromatic heterocycles. The molecule has 184 valence electrons. The number of nitrogens with two attached hydrogens (primary N) is 1. The second-order valence-electron chi connectivity index (χ2n) is 7.15. The van der Waals surface area contributed by atoms with E-state index in [1.54, 1.807) is 11.5 Å². The van der Waals surface area contributed by atoms with Crippen LogP contribution < -0.4 is 5.73 Å². The van der Waals surface area contributed by atoms with Gasteiger partial charge in [0.05, 0.1) is 19.0 Å². The third kappa shape index (κ3) is 7.82. The van der Waals surface area contributed by atoms with Crippen molar-refractivity contribution in [1.29, 1.82) is 0 Å². The molecule has 16 heteroatoms. The van der Waals surface area contributed by atoms with Crippen LogP contribution in [0.1, 0.15) is 6.92 Å². The van der Waals surface area contributed by atoms with E-state index in [0.717, 1.165) is 0 Å². The molecule has 0 aliphatic carbocycles. The highest BCUT2D eigenvalue weighted by Crippen LogP contribution is 2.48. The van der Waals surface area contributed by atoms with E-state index in [0.29, 0.717) is 11.2 Å². The van der Waals surface area contributed by atoms with Gasteiger partial charge in [-0.25, -0.2) is 24.5 Å². The molecule has 0 aliphatic heterocycles. The quantitative estimate of drug-likeness (QED) is 0.354. The highest BCUT2D eigenvalue weighted by Gasteiger charge is 2.28. The average molecular weight is 489 g/mol. The molecule has 0 radical (unpaired) electrons. The molecule has 33 heavy (non-hydrogen) atoms. The highest BCUT2D eigenvalue weighted by atomic mass is 31.2. The zero-order valence-corrected chi connectivity index (χ0v) is 19.9. The van der Waals surface area contributed by atoms with E-state index in [4.69, 9.17) is 29.0 Å². The number of imidazole rings is 1. The number of hydrogen-bond acceptors (Lipinski definition) is 12. The molecule has 2 rings (SSSR count). The van der Waals surface area contributed by atoms with E-state index in [2.05, 4.69) is 15.0 Å². The van der Waals surface area contributed by atoms with E-state index in [1.807, 2.05) is 0 Å². The topological polar surface area (TPSA) is 173 Å². The fourth-order valence-electron chi connectivity index (χ4n) is 2.26. The van der Waals surface area contributed by atoms with Crippen molar-refractivity contribution in [3.05, 3.63) is 12.7 Å². The summed E-state index contributed by atoms with van der Waals surface area (Å²) in [6.45, 7) is 0.697.